The number of unbranched alkanes of at least 4 members (excludes halogenated alkanes) is 10. The zero-order valence-electron chi connectivity index (χ0n) is 42.6. The molecule has 0 radical (unpaired) electrons. The zero-order valence-corrected chi connectivity index (χ0v) is 42.6. The summed E-state index contributed by atoms with van der Waals surface area (Å²) in [5.74, 6) is -4.03. The lowest BCUT2D eigenvalue weighted by Crippen LogP contribution is -2.52. The van der Waals surface area contributed by atoms with Gasteiger partial charge in [-0.1, -0.05) is 76.4 Å². The predicted molar refractivity (Wildman–Crippen MR) is 257 cm³/mol. The van der Waals surface area contributed by atoms with Crippen LogP contribution in [0, 0.1) is 23.7 Å². The number of esters is 3. The fourth-order valence-electron chi connectivity index (χ4n) is 9.20. The normalized spacial score (nSPS) is 28.8. The maximum Gasteiger partial charge on any atom is 0.330 e. The number of aliphatic carboxylic acids is 1. The molecule has 0 aromatic carbocycles. The number of ether oxygens (including phenoxy) is 6. The first kappa shape index (κ1) is 61.3. The number of carbonyl (C=O) groups is 4. The SMILES string of the molecule is C/C(=C\C(=O)OCCCCCCCCC(=O)O)C[C@@H]1OC[C@H](C[C@H](OC(=O)CCCCCCCCOC(=O)/C=C(\C)C[C@@H]2OC[C@H](C[C@@H]3O[C@H]3[C@@H](C)[C@H](C)O)[C@@H](O)[C@H]2O)C(O)[C@@H](C)[C@H](C)O)[C@@H](O)[C@H]1O. The van der Waals surface area contributed by atoms with Gasteiger partial charge in [-0.15, -0.1) is 0 Å². The Balaban J connectivity index is 1.31. The first-order valence-electron chi connectivity index (χ1n) is 25.9. The molecule has 0 saturated carbocycles. The van der Waals surface area contributed by atoms with Crippen LogP contribution in [-0.4, -0.2) is 164 Å². The molecule has 0 amide bonds. The largest absolute Gasteiger partial charge is 0.481 e. The molecule has 3 heterocycles. The van der Waals surface area contributed by atoms with Gasteiger partial charge in [-0.25, -0.2) is 9.59 Å². The Morgan fingerprint density at radius 3 is 1.54 bits per heavy atom. The van der Waals surface area contributed by atoms with Crippen LogP contribution in [0.5, 0.6) is 0 Å². The van der Waals surface area contributed by atoms with Crippen LogP contribution >= 0.6 is 0 Å². The van der Waals surface area contributed by atoms with Crippen molar-refractivity contribution in [1.29, 1.82) is 0 Å². The molecule has 18 nitrogen and oxygen atoms in total. The van der Waals surface area contributed by atoms with Crippen LogP contribution < -0.4 is 0 Å². The van der Waals surface area contributed by atoms with Crippen LogP contribution in [0.15, 0.2) is 23.3 Å². The first-order chi connectivity index (χ1) is 33.2. The number of carbonyl (C=O) groups excluding carboxylic acids is 3. The van der Waals surface area contributed by atoms with Gasteiger partial charge in [0.2, 0.25) is 0 Å². The van der Waals surface area contributed by atoms with Gasteiger partial charge in [0.05, 0.1) is 81.4 Å². The van der Waals surface area contributed by atoms with E-state index in [1.54, 1.807) is 27.7 Å². The van der Waals surface area contributed by atoms with Crippen molar-refractivity contribution < 1.29 is 88.5 Å². The number of epoxide rings is 1. The van der Waals surface area contributed by atoms with Crippen molar-refractivity contribution in [3.05, 3.63) is 23.3 Å². The molecule has 0 aromatic rings. The Morgan fingerprint density at radius 2 is 1.06 bits per heavy atom. The number of hydrogen-bond donors (Lipinski definition) is 8. The Hall–Kier alpha value is -3.04. The van der Waals surface area contributed by atoms with Crippen LogP contribution in [0.3, 0.4) is 0 Å². The summed E-state index contributed by atoms with van der Waals surface area (Å²) in [6, 6.07) is 0. The maximum absolute atomic E-state index is 13.0. The highest BCUT2D eigenvalue weighted by Gasteiger charge is 2.48. The van der Waals surface area contributed by atoms with Crippen molar-refractivity contribution in [2.75, 3.05) is 26.4 Å². The molecule has 0 spiro atoms. The van der Waals surface area contributed by atoms with Gasteiger partial charge in [0, 0.05) is 48.7 Å². The summed E-state index contributed by atoms with van der Waals surface area (Å²) in [7, 11) is 0. The third-order valence-electron chi connectivity index (χ3n) is 14.2. The highest BCUT2D eigenvalue weighted by Crippen LogP contribution is 2.39. The third-order valence-corrected chi connectivity index (χ3v) is 14.2. The molecular formula is C52H88O18. The van der Waals surface area contributed by atoms with E-state index in [2.05, 4.69) is 0 Å². The van der Waals surface area contributed by atoms with Crippen molar-refractivity contribution in [2.45, 2.75) is 230 Å². The number of carboxylic acid groups (broad SMARTS) is 1. The molecule has 18 heteroatoms. The lowest BCUT2D eigenvalue weighted by atomic mass is 9.83. The van der Waals surface area contributed by atoms with E-state index in [1.165, 1.54) is 19.1 Å². The molecule has 3 aliphatic heterocycles. The fourth-order valence-corrected chi connectivity index (χ4v) is 9.20. The van der Waals surface area contributed by atoms with Gasteiger partial charge in [0.15, 0.2) is 0 Å². The minimum absolute atomic E-state index is 0.00537. The monoisotopic (exact) mass is 1000 g/mol. The molecule has 3 rings (SSSR count). The summed E-state index contributed by atoms with van der Waals surface area (Å²) in [6.07, 6.45) is 3.10. The van der Waals surface area contributed by atoms with Crippen LogP contribution in [0.1, 0.15) is 157 Å². The van der Waals surface area contributed by atoms with Crippen LogP contribution in [0.2, 0.25) is 0 Å². The van der Waals surface area contributed by atoms with Gasteiger partial charge in [0.1, 0.15) is 18.3 Å². The highest BCUT2D eigenvalue weighted by atomic mass is 16.6. The summed E-state index contributed by atoms with van der Waals surface area (Å²) < 4.78 is 34.0. The van der Waals surface area contributed by atoms with Gasteiger partial charge in [0.25, 0.3) is 0 Å². The second kappa shape index (κ2) is 32.2. The molecule has 16 atom stereocenters. The Morgan fingerprint density at radius 1 is 0.600 bits per heavy atom. The minimum atomic E-state index is -1.33. The van der Waals surface area contributed by atoms with Crippen LogP contribution in [0.4, 0.5) is 0 Å². The molecule has 3 fully saturated rings. The second-order valence-electron chi connectivity index (χ2n) is 20.4. The van der Waals surface area contributed by atoms with E-state index in [0.717, 1.165) is 51.4 Å². The molecule has 3 saturated heterocycles. The molecular weight excluding hydrogens is 913 g/mol. The summed E-state index contributed by atoms with van der Waals surface area (Å²) in [4.78, 5) is 48.5. The van der Waals surface area contributed by atoms with Crippen molar-refractivity contribution in [1.82, 2.24) is 0 Å². The molecule has 70 heavy (non-hydrogen) atoms. The van der Waals surface area contributed by atoms with Gasteiger partial charge < -0.3 is 69.3 Å². The third kappa shape index (κ3) is 22.4. The topological polar surface area (TPSA) is 289 Å². The van der Waals surface area contributed by atoms with Crippen LogP contribution in [0.25, 0.3) is 0 Å². The molecule has 0 bridgehead atoms. The second-order valence-corrected chi connectivity index (χ2v) is 20.4. The number of aliphatic hydroxyl groups excluding tert-OH is 7. The summed E-state index contributed by atoms with van der Waals surface area (Å²) in [5, 5.41) is 83.6. The minimum Gasteiger partial charge on any atom is -0.481 e. The summed E-state index contributed by atoms with van der Waals surface area (Å²) in [6.45, 7) is 11.0. The molecule has 0 aromatic heterocycles. The molecule has 404 valence electrons. The lowest BCUT2D eigenvalue weighted by molar-refractivity contribution is -0.183. The van der Waals surface area contributed by atoms with Gasteiger partial charge in [-0.05, 0) is 79.1 Å². The highest BCUT2D eigenvalue weighted by molar-refractivity contribution is 5.83. The van der Waals surface area contributed by atoms with Crippen molar-refractivity contribution in [2.24, 2.45) is 23.7 Å². The Kier molecular flexibility index (Phi) is 28.2. The standard InChI is InChI=1S/C52H88O18/c1-31(25-45(58)65-21-17-13-9-7-11-15-19-43(55)56)23-39-50(63)48(61)37(29-67-39)27-41(47(60)33(3)35(5)53)69-44(57)20-16-12-8-10-14-18-22-66-46(59)26-32(2)24-40-51(64)49(62)38(30-68-40)28-42-52(70-42)34(4)36(6)54/h25-26,33-42,47-54,60-64H,7-24,27-30H2,1-6H3,(H,55,56)/b31-25+,32-26+/t33-,34-,35-,36-,37-,38-,39-,40-,41-,42-,47?,48+,49+,50-,51-,52-/m0/s1. The van der Waals surface area contributed by atoms with Crippen molar-refractivity contribution >= 4 is 23.9 Å². The van der Waals surface area contributed by atoms with Gasteiger partial charge >= 0.3 is 23.9 Å². The average molecular weight is 1000 g/mol. The molecule has 0 aliphatic carbocycles. The number of rotatable bonds is 34. The predicted octanol–water partition coefficient (Wildman–Crippen LogP) is 4.62. The van der Waals surface area contributed by atoms with E-state index >= 15 is 0 Å². The van der Waals surface area contributed by atoms with E-state index in [0.29, 0.717) is 43.3 Å². The molecule has 3 aliphatic rings. The van der Waals surface area contributed by atoms with Crippen molar-refractivity contribution in [3.63, 3.8) is 0 Å². The van der Waals surface area contributed by atoms with Gasteiger partial charge in [-0.2, -0.15) is 0 Å². The zero-order chi connectivity index (χ0) is 51.9. The quantitative estimate of drug-likeness (QED) is 0.0143. The Bertz CT molecular complexity index is 1620. The molecule has 8 N–H and O–H groups in total. The van der Waals surface area contributed by atoms with Crippen molar-refractivity contribution in [3.8, 4) is 0 Å². The fraction of sp³-hybridized carbons (Fsp3) is 0.846. The lowest BCUT2D eigenvalue weighted by Gasteiger charge is -2.40. The maximum atomic E-state index is 13.0. The summed E-state index contributed by atoms with van der Waals surface area (Å²) >= 11 is 0. The van der Waals surface area contributed by atoms with E-state index in [1.807, 2.05) is 6.92 Å². The first-order valence-corrected chi connectivity index (χ1v) is 25.9. The number of hydrogen-bond acceptors (Lipinski definition) is 17. The average Bonchev–Trinajstić information content (AvgIpc) is 4.07. The molecule has 1 unspecified atom stereocenters. The van der Waals surface area contributed by atoms with E-state index in [4.69, 9.17) is 33.5 Å². The van der Waals surface area contributed by atoms with E-state index in [-0.39, 0.29) is 82.6 Å². The van der Waals surface area contributed by atoms with Crippen LogP contribution in [-0.2, 0) is 47.6 Å². The van der Waals surface area contributed by atoms with E-state index in [9.17, 15) is 54.9 Å². The number of aliphatic hydroxyl groups is 7. The smallest absolute Gasteiger partial charge is 0.330 e. The van der Waals surface area contributed by atoms with Gasteiger partial charge in [-0.3, -0.25) is 9.59 Å². The van der Waals surface area contributed by atoms with E-state index < -0.39 is 96.8 Å². The Labute approximate surface area is 415 Å². The summed E-state index contributed by atoms with van der Waals surface area (Å²) in [5.41, 5.74) is 1.25. The number of carboxylic acids is 1.